The lowest BCUT2D eigenvalue weighted by Crippen LogP contribution is -2.40. The van der Waals surface area contributed by atoms with Crippen molar-refractivity contribution in [1.82, 2.24) is 0 Å². The van der Waals surface area contributed by atoms with Crippen LogP contribution in [0.25, 0.3) is 0 Å². The topological polar surface area (TPSA) is 55.1 Å². The van der Waals surface area contributed by atoms with Gasteiger partial charge in [-0.2, -0.15) is 0 Å². The van der Waals surface area contributed by atoms with Crippen LogP contribution in [0.5, 0.6) is 0 Å². The highest BCUT2D eigenvalue weighted by Gasteiger charge is 2.39. The lowest BCUT2D eigenvalue weighted by molar-refractivity contribution is -0.124. The van der Waals surface area contributed by atoms with Crippen LogP contribution in [0, 0.1) is 8.99 Å². The fraction of sp³-hybridized carbons (Fsp3) is 0.462. The van der Waals surface area contributed by atoms with Crippen LogP contribution < -0.4 is 11.1 Å². The standard InChI is InChI=1S/C13H16BrIN2O/c14-10-7-9(3-4-11(10)15)17-12(18)13(8-16)5-1-2-6-13/h3-4,7H,1-2,5-6,8,16H2,(H,17,18). The third-order valence-corrected chi connectivity index (χ3v) is 5.95. The van der Waals surface area contributed by atoms with E-state index in [1.54, 1.807) is 0 Å². The van der Waals surface area contributed by atoms with Crippen LogP contribution in [0.15, 0.2) is 22.7 Å². The molecule has 3 nitrogen and oxygen atoms in total. The van der Waals surface area contributed by atoms with Gasteiger partial charge in [-0.15, -0.1) is 0 Å². The van der Waals surface area contributed by atoms with Crippen molar-refractivity contribution in [3.8, 4) is 0 Å². The number of benzene rings is 1. The minimum absolute atomic E-state index is 0.0654. The number of nitrogens with one attached hydrogen (secondary N) is 1. The highest BCUT2D eigenvalue weighted by atomic mass is 127. The van der Waals surface area contributed by atoms with E-state index in [9.17, 15) is 4.79 Å². The molecule has 1 aromatic carbocycles. The highest BCUT2D eigenvalue weighted by Crippen LogP contribution is 2.38. The molecule has 0 radical (unpaired) electrons. The van der Waals surface area contributed by atoms with Crippen molar-refractivity contribution >= 4 is 50.1 Å². The van der Waals surface area contributed by atoms with Gasteiger partial charge in [0.15, 0.2) is 0 Å². The fourth-order valence-corrected chi connectivity index (χ4v) is 3.13. The molecule has 1 aromatic rings. The van der Waals surface area contributed by atoms with Crippen molar-refractivity contribution in [2.24, 2.45) is 11.1 Å². The molecule has 0 aromatic heterocycles. The molecular formula is C13H16BrIN2O. The SMILES string of the molecule is NCC1(C(=O)Nc2ccc(I)c(Br)c2)CCCC1. The maximum atomic E-state index is 12.4. The maximum absolute atomic E-state index is 12.4. The van der Waals surface area contributed by atoms with E-state index in [0.29, 0.717) is 6.54 Å². The van der Waals surface area contributed by atoms with E-state index in [2.05, 4.69) is 43.8 Å². The van der Waals surface area contributed by atoms with Gasteiger partial charge >= 0.3 is 0 Å². The number of hydrogen-bond donors (Lipinski definition) is 2. The Morgan fingerprint density at radius 1 is 1.44 bits per heavy atom. The molecule has 1 saturated carbocycles. The summed E-state index contributed by atoms with van der Waals surface area (Å²) in [6.07, 6.45) is 4.00. The minimum atomic E-state index is -0.352. The van der Waals surface area contributed by atoms with E-state index < -0.39 is 0 Å². The fourth-order valence-electron chi connectivity index (χ4n) is 2.41. The van der Waals surface area contributed by atoms with Gasteiger partial charge < -0.3 is 11.1 Å². The zero-order chi connectivity index (χ0) is 13.2. The van der Waals surface area contributed by atoms with Gasteiger partial charge in [0.1, 0.15) is 0 Å². The molecular weight excluding hydrogens is 407 g/mol. The Balaban J connectivity index is 2.13. The second-order valence-corrected chi connectivity index (χ2v) is 6.79. The molecule has 1 amide bonds. The summed E-state index contributed by atoms with van der Waals surface area (Å²) >= 11 is 5.71. The molecule has 98 valence electrons. The largest absolute Gasteiger partial charge is 0.329 e. The first-order valence-electron chi connectivity index (χ1n) is 6.04. The van der Waals surface area contributed by atoms with Gasteiger partial charge in [0.25, 0.3) is 0 Å². The van der Waals surface area contributed by atoms with Gasteiger partial charge in [-0.1, -0.05) is 12.8 Å². The summed E-state index contributed by atoms with van der Waals surface area (Å²) < 4.78 is 2.12. The van der Waals surface area contributed by atoms with Gasteiger partial charge in [-0.05, 0) is 69.6 Å². The summed E-state index contributed by atoms with van der Waals surface area (Å²) in [6, 6.07) is 5.83. The number of hydrogen-bond acceptors (Lipinski definition) is 2. The lowest BCUT2D eigenvalue weighted by atomic mass is 9.85. The van der Waals surface area contributed by atoms with E-state index in [-0.39, 0.29) is 11.3 Å². The van der Waals surface area contributed by atoms with Crippen molar-refractivity contribution in [1.29, 1.82) is 0 Å². The monoisotopic (exact) mass is 422 g/mol. The maximum Gasteiger partial charge on any atom is 0.231 e. The van der Waals surface area contributed by atoms with E-state index in [1.165, 1.54) is 0 Å². The van der Waals surface area contributed by atoms with E-state index in [1.807, 2.05) is 18.2 Å². The Morgan fingerprint density at radius 3 is 2.67 bits per heavy atom. The van der Waals surface area contributed by atoms with Crippen LogP contribution >= 0.6 is 38.5 Å². The van der Waals surface area contributed by atoms with Crippen molar-refractivity contribution in [2.45, 2.75) is 25.7 Å². The van der Waals surface area contributed by atoms with Crippen molar-refractivity contribution < 1.29 is 4.79 Å². The summed E-state index contributed by atoms with van der Waals surface area (Å²) in [5.74, 6) is 0.0654. The van der Waals surface area contributed by atoms with Gasteiger partial charge in [0, 0.05) is 20.3 Å². The Morgan fingerprint density at radius 2 is 2.11 bits per heavy atom. The molecule has 0 aliphatic heterocycles. The normalized spacial score (nSPS) is 17.7. The third-order valence-electron chi connectivity index (χ3n) is 3.61. The summed E-state index contributed by atoms with van der Waals surface area (Å²) in [5.41, 5.74) is 6.28. The van der Waals surface area contributed by atoms with Crippen LogP contribution in [0.4, 0.5) is 5.69 Å². The summed E-state index contributed by atoms with van der Waals surface area (Å²) in [6.45, 7) is 0.435. The molecule has 0 heterocycles. The molecule has 1 fully saturated rings. The third kappa shape index (κ3) is 2.88. The predicted molar refractivity (Wildman–Crippen MR) is 85.4 cm³/mol. The number of amides is 1. The smallest absolute Gasteiger partial charge is 0.231 e. The van der Waals surface area contributed by atoms with Crippen LogP contribution in [-0.2, 0) is 4.79 Å². The van der Waals surface area contributed by atoms with E-state index in [4.69, 9.17) is 5.73 Å². The molecule has 3 N–H and O–H groups in total. The highest BCUT2D eigenvalue weighted by molar-refractivity contribution is 14.1. The molecule has 0 atom stereocenters. The molecule has 18 heavy (non-hydrogen) atoms. The number of anilines is 1. The summed E-state index contributed by atoms with van der Waals surface area (Å²) in [5, 5.41) is 2.99. The second-order valence-electron chi connectivity index (χ2n) is 4.77. The first-order valence-corrected chi connectivity index (χ1v) is 7.91. The van der Waals surface area contributed by atoms with Crippen molar-refractivity contribution in [3.63, 3.8) is 0 Å². The Bertz CT molecular complexity index is 458. The van der Waals surface area contributed by atoms with Crippen LogP contribution in [0.1, 0.15) is 25.7 Å². The van der Waals surface area contributed by atoms with Crippen LogP contribution in [-0.4, -0.2) is 12.5 Å². The summed E-state index contributed by atoms with van der Waals surface area (Å²) in [7, 11) is 0. The number of nitrogens with two attached hydrogens (primary N) is 1. The van der Waals surface area contributed by atoms with Gasteiger partial charge in [-0.3, -0.25) is 4.79 Å². The number of carbonyl (C=O) groups excluding carboxylic acids is 1. The number of rotatable bonds is 3. The number of carbonyl (C=O) groups is 1. The van der Waals surface area contributed by atoms with Crippen LogP contribution in [0.2, 0.25) is 0 Å². The quantitative estimate of drug-likeness (QED) is 0.732. The lowest BCUT2D eigenvalue weighted by Gasteiger charge is -2.25. The zero-order valence-electron chi connectivity index (χ0n) is 10.0. The zero-order valence-corrected chi connectivity index (χ0v) is 13.8. The number of halogens is 2. The molecule has 1 aliphatic carbocycles. The first kappa shape index (κ1) is 14.3. The molecule has 0 unspecified atom stereocenters. The average Bonchev–Trinajstić information content (AvgIpc) is 2.84. The van der Waals surface area contributed by atoms with Gasteiger partial charge in [0.2, 0.25) is 5.91 Å². The Labute approximate surface area is 129 Å². The summed E-state index contributed by atoms with van der Waals surface area (Å²) in [4.78, 5) is 12.4. The van der Waals surface area contributed by atoms with E-state index in [0.717, 1.165) is 39.4 Å². The second kappa shape index (κ2) is 5.88. The predicted octanol–water partition coefficient (Wildman–Crippen LogP) is 3.51. The van der Waals surface area contributed by atoms with Gasteiger partial charge in [0.05, 0.1) is 5.41 Å². The minimum Gasteiger partial charge on any atom is -0.329 e. The molecule has 1 aliphatic rings. The molecule has 5 heteroatoms. The van der Waals surface area contributed by atoms with Gasteiger partial charge in [-0.25, -0.2) is 0 Å². The Hall–Kier alpha value is -0.140. The molecule has 2 rings (SSSR count). The van der Waals surface area contributed by atoms with Crippen LogP contribution in [0.3, 0.4) is 0 Å². The average molecular weight is 423 g/mol. The van der Waals surface area contributed by atoms with E-state index >= 15 is 0 Å². The molecule has 0 spiro atoms. The Kier molecular flexibility index (Phi) is 4.66. The molecule has 0 saturated heterocycles. The van der Waals surface area contributed by atoms with Crippen molar-refractivity contribution in [2.75, 3.05) is 11.9 Å². The first-order chi connectivity index (χ1) is 8.57. The van der Waals surface area contributed by atoms with Crippen molar-refractivity contribution in [3.05, 3.63) is 26.2 Å². The molecule has 0 bridgehead atoms.